The molecule has 0 aliphatic carbocycles. The number of nitrogens with zero attached hydrogens (tertiary/aromatic N) is 6. The van der Waals surface area contributed by atoms with E-state index in [2.05, 4.69) is 25.6 Å². The van der Waals surface area contributed by atoms with Crippen molar-refractivity contribution in [3.8, 4) is 11.4 Å². The van der Waals surface area contributed by atoms with Gasteiger partial charge in [-0.05, 0) is 36.4 Å². The summed E-state index contributed by atoms with van der Waals surface area (Å²) in [7, 11) is 0. The molecule has 0 amide bonds. The van der Waals surface area contributed by atoms with Gasteiger partial charge in [-0.2, -0.15) is 9.78 Å². The molecule has 1 unspecified atom stereocenters. The molecule has 0 aliphatic rings. The summed E-state index contributed by atoms with van der Waals surface area (Å²) in [5.74, 6) is 1.86. The molecule has 0 saturated carbocycles. The average molecular weight is 319 g/mol. The van der Waals surface area contributed by atoms with E-state index in [4.69, 9.17) is 16.1 Å². The highest BCUT2D eigenvalue weighted by Gasteiger charge is 2.20. The van der Waals surface area contributed by atoms with Crippen molar-refractivity contribution in [3.63, 3.8) is 0 Å². The second-order valence-electron chi connectivity index (χ2n) is 5.26. The number of aromatic nitrogens is 6. The molecule has 7 nitrogen and oxygen atoms in total. The standard InChI is InChI=1S/C14H15ClN6O/c1-8(2)12-16-14(22-19-12)9(3)21-18-13(17-20-21)10-4-6-11(15)7-5-10/h4-9H,1-3H3. The van der Waals surface area contributed by atoms with Crippen LogP contribution in [0.3, 0.4) is 0 Å². The highest BCUT2D eigenvalue weighted by Crippen LogP contribution is 2.20. The van der Waals surface area contributed by atoms with Gasteiger partial charge in [-0.25, -0.2) is 0 Å². The van der Waals surface area contributed by atoms with Gasteiger partial charge in [0.25, 0.3) is 5.89 Å². The van der Waals surface area contributed by atoms with E-state index < -0.39 is 0 Å². The lowest BCUT2D eigenvalue weighted by atomic mass is 10.2. The molecule has 3 rings (SSSR count). The molecule has 8 heteroatoms. The van der Waals surface area contributed by atoms with Gasteiger partial charge in [-0.15, -0.1) is 10.2 Å². The van der Waals surface area contributed by atoms with Crippen molar-refractivity contribution in [1.29, 1.82) is 0 Å². The Kier molecular flexibility index (Phi) is 3.89. The van der Waals surface area contributed by atoms with Gasteiger partial charge in [-0.1, -0.05) is 30.6 Å². The predicted molar refractivity (Wildman–Crippen MR) is 80.5 cm³/mol. The number of tetrazole rings is 1. The molecule has 2 aromatic heterocycles. The van der Waals surface area contributed by atoms with Gasteiger partial charge in [0.05, 0.1) is 0 Å². The van der Waals surface area contributed by atoms with Gasteiger partial charge < -0.3 is 4.52 Å². The molecule has 0 saturated heterocycles. The van der Waals surface area contributed by atoms with E-state index in [9.17, 15) is 0 Å². The van der Waals surface area contributed by atoms with Crippen LogP contribution in [0.5, 0.6) is 0 Å². The Morgan fingerprint density at radius 3 is 2.50 bits per heavy atom. The molecule has 114 valence electrons. The third kappa shape index (κ3) is 2.85. The van der Waals surface area contributed by atoms with Crippen LogP contribution >= 0.6 is 11.6 Å². The maximum Gasteiger partial charge on any atom is 0.253 e. The molecule has 22 heavy (non-hydrogen) atoms. The number of benzene rings is 1. The summed E-state index contributed by atoms with van der Waals surface area (Å²) in [6.07, 6.45) is 0. The summed E-state index contributed by atoms with van der Waals surface area (Å²) in [5.41, 5.74) is 0.844. The summed E-state index contributed by atoms with van der Waals surface area (Å²) in [4.78, 5) is 5.82. The van der Waals surface area contributed by atoms with Crippen molar-refractivity contribution in [2.45, 2.75) is 32.7 Å². The summed E-state index contributed by atoms with van der Waals surface area (Å²) in [5, 5.41) is 17.1. The van der Waals surface area contributed by atoms with Crippen LogP contribution < -0.4 is 0 Å². The molecular formula is C14H15ClN6O. The lowest BCUT2D eigenvalue weighted by Gasteiger charge is -2.03. The number of hydrogen-bond acceptors (Lipinski definition) is 6. The average Bonchev–Trinajstić information content (AvgIpc) is 3.17. The molecule has 3 aromatic rings. The first kappa shape index (κ1) is 14.6. The monoisotopic (exact) mass is 318 g/mol. The van der Waals surface area contributed by atoms with Crippen LogP contribution in [-0.4, -0.2) is 30.3 Å². The second-order valence-corrected chi connectivity index (χ2v) is 5.70. The van der Waals surface area contributed by atoms with Gasteiger partial charge in [0.2, 0.25) is 5.82 Å². The highest BCUT2D eigenvalue weighted by atomic mass is 35.5. The SMILES string of the molecule is CC(C)c1noc(C(C)n2nnc(-c3ccc(Cl)cc3)n2)n1. The third-order valence-electron chi connectivity index (χ3n) is 3.21. The quantitative estimate of drug-likeness (QED) is 0.735. The van der Waals surface area contributed by atoms with Crippen LogP contribution in [0.15, 0.2) is 28.8 Å². The zero-order valence-electron chi connectivity index (χ0n) is 12.4. The summed E-state index contributed by atoms with van der Waals surface area (Å²) < 4.78 is 5.27. The van der Waals surface area contributed by atoms with E-state index >= 15 is 0 Å². The molecule has 0 aliphatic heterocycles. The first-order valence-electron chi connectivity index (χ1n) is 6.93. The van der Waals surface area contributed by atoms with Gasteiger partial charge in [0.15, 0.2) is 5.82 Å². The largest absolute Gasteiger partial charge is 0.337 e. The van der Waals surface area contributed by atoms with E-state index in [1.165, 1.54) is 4.80 Å². The predicted octanol–water partition coefficient (Wildman–Crippen LogP) is 3.11. The van der Waals surface area contributed by atoms with Gasteiger partial charge in [0.1, 0.15) is 6.04 Å². The first-order chi connectivity index (χ1) is 10.5. The fourth-order valence-corrected chi connectivity index (χ4v) is 1.98. The normalized spacial score (nSPS) is 12.8. The zero-order valence-corrected chi connectivity index (χ0v) is 13.2. The molecule has 0 bridgehead atoms. The molecule has 0 spiro atoms. The minimum absolute atomic E-state index is 0.207. The van der Waals surface area contributed by atoms with Crippen molar-refractivity contribution in [2.75, 3.05) is 0 Å². The summed E-state index contributed by atoms with van der Waals surface area (Å²) >= 11 is 5.87. The number of rotatable bonds is 4. The van der Waals surface area contributed by atoms with Crippen molar-refractivity contribution in [3.05, 3.63) is 41.0 Å². The summed E-state index contributed by atoms with van der Waals surface area (Å²) in [6, 6.07) is 6.98. The van der Waals surface area contributed by atoms with Crippen molar-refractivity contribution < 1.29 is 4.52 Å². The number of halogens is 1. The van der Waals surface area contributed by atoms with E-state index in [1.54, 1.807) is 12.1 Å². The van der Waals surface area contributed by atoms with Crippen LogP contribution in [0, 0.1) is 0 Å². The second kappa shape index (κ2) is 5.84. The molecular weight excluding hydrogens is 304 g/mol. The minimum Gasteiger partial charge on any atom is -0.337 e. The van der Waals surface area contributed by atoms with Crippen LogP contribution in [0.2, 0.25) is 5.02 Å². The Bertz CT molecular complexity index is 764. The van der Waals surface area contributed by atoms with Gasteiger partial charge >= 0.3 is 0 Å². The maximum absolute atomic E-state index is 5.87. The van der Waals surface area contributed by atoms with Crippen molar-refractivity contribution >= 4 is 11.6 Å². The molecule has 0 radical (unpaired) electrons. The Balaban J connectivity index is 1.84. The Morgan fingerprint density at radius 2 is 1.86 bits per heavy atom. The van der Waals surface area contributed by atoms with E-state index in [0.29, 0.717) is 22.6 Å². The van der Waals surface area contributed by atoms with Crippen molar-refractivity contribution in [1.82, 2.24) is 30.3 Å². The van der Waals surface area contributed by atoms with E-state index in [-0.39, 0.29) is 12.0 Å². The zero-order chi connectivity index (χ0) is 15.7. The molecule has 2 heterocycles. The summed E-state index contributed by atoms with van der Waals surface area (Å²) in [6.45, 7) is 5.89. The fraction of sp³-hybridized carbons (Fsp3) is 0.357. The van der Waals surface area contributed by atoms with Crippen LogP contribution in [0.25, 0.3) is 11.4 Å². The third-order valence-corrected chi connectivity index (χ3v) is 3.46. The molecule has 0 fully saturated rings. The van der Waals surface area contributed by atoms with Gasteiger partial charge in [0, 0.05) is 16.5 Å². The van der Waals surface area contributed by atoms with Crippen molar-refractivity contribution in [2.24, 2.45) is 0 Å². The van der Waals surface area contributed by atoms with E-state index in [0.717, 1.165) is 5.56 Å². The number of hydrogen-bond donors (Lipinski definition) is 0. The Morgan fingerprint density at radius 1 is 1.14 bits per heavy atom. The highest BCUT2D eigenvalue weighted by molar-refractivity contribution is 6.30. The Hall–Kier alpha value is -2.28. The van der Waals surface area contributed by atoms with Gasteiger partial charge in [-0.3, -0.25) is 0 Å². The minimum atomic E-state index is -0.284. The lowest BCUT2D eigenvalue weighted by molar-refractivity contribution is 0.317. The topological polar surface area (TPSA) is 82.5 Å². The molecule has 1 aromatic carbocycles. The van der Waals surface area contributed by atoms with Crippen LogP contribution in [0.1, 0.15) is 44.4 Å². The maximum atomic E-state index is 5.87. The fourth-order valence-electron chi connectivity index (χ4n) is 1.85. The van der Waals surface area contributed by atoms with Crippen LogP contribution in [0.4, 0.5) is 0 Å². The van der Waals surface area contributed by atoms with Crippen LogP contribution in [-0.2, 0) is 0 Å². The smallest absolute Gasteiger partial charge is 0.253 e. The molecule has 1 atom stereocenters. The van der Waals surface area contributed by atoms with E-state index in [1.807, 2.05) is 32.9 Å². The molecule has 0 N–H and O–H groups in total. The Labute approximate surface area is 132 Å². The first-order valence-corrected chi connectivity index (χ1v) is 7.31. The lowest BCUT2D eigenvalue weighted by Crippen LogP contribution is -2.11.